The van der Waals surface area contributed by atoms with Crippen LogP contribution in [0.15, 0.2) is 12.7 Å². The van der Waals surface area contributed by atoms with Gasteiger partial charge in [-0.25, -0.2) is 0 Å². The fraction of sp³-hybridized carbons (Fsp3) is 0.800. The van der Waals surface area contributed by atoms with Gasteiger partial charge in [0.15, 0.2) is 0 Å². The number of nitrogens with one attached hydrogen (secondary N) is 1. The van der Waals surface area contributed by atoms with E-state index in [1.807, 2.05) is 6.92 Å². The molecule has 0 fully saturated rings. The highest BCUT2D eigenvalue weighted by molar-refractivity contribution is 6.60. The molecule has 0 aromatic rings. The van der Waals surface area contributed by atoms with Crippen LogP contribution in [0.2, 0.25) is 6.04 Å². The zero-order valence-corrected chi connectivity index (χ0v) is 14.9. The lowest BCUT2D eigenvalue weighted by molar-refractivity contribution is -0.117. The van der Waals surface area contributed by atoms with Crippen molar-refractivity contribution in [3.8, 4) is 0 Å². The summed E-state index contributed by atoms with van der Waals surface area (Å²) in [5.74, 6) is -0.0949. The van der Waals surface area contributed by atoms with E-state index < -0.39 is 8.80 Å². The minimum absolute atomic E-state index is 0.0949. The van der Waals surface area contributed by atoms with Gasteiger partial charge in [0.25, 0.3) is 0 Å². The molecule has 1 unspecified atom stereocenters. The molecule has 0 aliphatic carbocycles. The molecule has 5 nitrogen and oxygen atoms in total. The van der Waals surface area contributed by atoms with E-state index in [1.165, 1.54) is 18.9 Å². The van der Waals surface area contributed by atoms with Crippen LogP contribution in [0, 0.1) is 0 Å². The molecule has 0 aliphatic rings. The van der Waals surface area contributed by atoms with Gasteiger partial charge in [-0.15, -0.1) is 0 Å². The van der Waals surface area contributed by atoms with Crippen molar-refractivity contribution >= 4 is 14.7 Å². The number of amides is 1. The second-order valence-corrected chi connectivity index (χ2v) is 8.31. The van der Waals surface area contributed by atoms with Crippen LogP contribution in [0.5, 0.6) is 0 Å². The molecule has 0 saturated heterocycles. The minimum atomic E-state index is -2.38. The second-order valence-electron chi connectivity index (χ2n) is 5.22. The highest BCUT2D eigenvalue weighted by Crippen LogP contribution is 2.18. The fourth-order valence-corrected chi connectivity index (χ4v) is 4.05. The fourth-order valence-electron chi connectivity index (χ4n) is 2.25. The van der Waals surface area contributed by atoms with Crippen LogP contribution in [-0.4, -0.2) is 42.1 Å². The molecule has 0 rings (SSSR count). The lowest BCUT2D eigenvalue weighted by Crippen LogP contribution is -2.42. The van der Waals surface area contributed by atoms with E-state index >= 15 is 0 Å². The highest BCUT2D eigenvalue weighted by Gasteiger charge is 2.36. The first-order valence-electron chi connectivity index (χ1n) is 7.62. The summed E-state index contributed by atoms with van der Waals surface area (Å²) in [7, 11) is 2.57. The second kappa shape index (κ2) is 11.9. The molecule has 0 saturated carbocycles. The summed E-state index contributed by atoms with van der Waals surface area (Å²) in [6.07, 6.45) is 8.02. The topological polar surface area (TPSA) is 56.8 Å². The van der Waals surface area contributed by atoms with Gasteiger partial charge in [-0.2, -0.15) is 0 Å². The van der Waals surface area contributed by atoms with Crippen LogP contribution >= 0.6 is 0 Å². The number of carbonyl (C=O) groups excluding carboxylic acids is 1. The van der Waals surface area contributed by atoms with Crippen molar-refractivity contribution in [1.29, 1.82) is 0 Å². The van der Waals surface area contributed by atoms with Crippen LogP contribution in [-0.2, 0) is 18.1 Å². The molecule has 6 heteroatoms. The van der Waals surface area contributed by atoms with Crippen LogP contribution in [0.1, 0.15) is 45.4 Å². The van der Waals surface area contributed by atoms with Crippen molar-refractivity contribution in [2.75, 3.05) is 21.3 Å². The maximum atomic E-state index is 11.1. The lowest BCUT2D eigenvalue weighted by atomic mass is 10.1. The molecule has 0 bridgehead atoms. The van der Waals surface area contributed by atoms with Gasteiger partial charge in [-0.3, -0.25) is 4.79 Å². The predicted octanol–water partition coefficient (Wildman–Crippen LogP) is 2.90. The number of carbonyl (C=O) groups is 1. The Bertz CT molecular complexity index is 287. The lowest BCUT2D eigenvalue weighted by Gasteiger charge is -2.24. The summed E-state index contributed by atoms with van der Waals surface area (Å²) in [5, 5.41) is 2.87. The van der Waals surface area contributed by atoms with Crippen LogP contribution in [0.3, 0.4) is 0 Å². The largest absolute Gasteiger partial charge is 0.500 e. The van der Waals surface area contributed by atoms with Gasteiger partial charge in [-0.05, 0) is 25.8 Å². The molecule has 0 aliphatic heterocycles. The molecule has 21 heavy (non-hydrogen) atoms. The van der Waals surface area contributed by atoms with Crippen LogP contribution in [0.4, 0.5) is 0 Å². The normalized spacial score (nSPS) is 13.0. The molecule has 1 N–H and O–H groups in total. The Kier molecular flexibility index (Phi) is 11.5. The summed E-state index contributed by atoms with van der Waals surface area (Å²) in [5.41, 5.74) is 0. The zero-order valence-electron chi connectivity index (χ0n) is 13.9. The molecule has 0 radical (unpaired) electrons. The van der Waals surface area contributed by atoms with E-state index in [4.69, 9.17) is 13.3 Å². The summed E-state index contributed by atoms with van der Waals surface area (Å²) in [6.45, 7) is 5.47. The van der Waals surface area contributed by atoms with Crippen molar-refractivity contribution in [1.82, 2.24) is 5.32 Å². The van der Waals surface area contributed by atoms with Crippen molar-refractivity contribution in [2.24, 2.45) is 0 Å². The van der Waals surface area contributed by atoms with Gasteiger partial charge < -0.3 is 18.6 Å². The smallest absolute Gasteiger partial charge is 0.377 e. The van der Waals surface area contributed by atoms with E-state index in [1.54, 1.807) is 21.3 Å². The number of hydrogen-bond donors (Lipinski definition) is 1. The Hall–Kier alpha value is -0.693. The maximum absolute atomic E-state index is 11.1. The molecule has 1 atom stereocenters. The van der Waals surface area contributed by atoms with Crippen LogP contribution < -0.4 is 5.32 Å². The van der Waals surface area contributed by atoms with E-state index in [-0.39, 0.29) is 11.9 Å². The molecule has 0 aromatic heterocycles. The molecule has 0 aromatic carbocycles. The molecule has 0 spiro atoms. The van der Waals surface area contributed by atoms with Gasteiger partial charge in [0, 0.05) is 33.4 Å². The standard InChI is InChI=1S/C15H31NO4Si/c1-6-15(17)16-14(2)12-10-8-7-9-11-13-21(18-3,19-4)20-5/h6,14H,1,7-13H2,2-5H3,(H,16,17). The molecular weight excluding hydrogens is 286 g/mol. The Balaban J connectivity index is 3.60. The Labute approximate surface area is 130 Å². The summed E-state index contributed by atoms with van der Waals surface area (Å²) < 4.78 is 16.2. The van der Waals surface area contributed by atoms with E-state index in [0.717, 1.165) is 31.7 Å². The monoisotopic (exact) mass is 317 g/mol. The first-order chi connectivity index (χ1) is 10.0. The third-order valence-electron chi connectivity index (χ3n) is 3.63. The average molecular weight is 318 g/mol. The predicted molar refractivity (Wildman–Crippen MR) is 87.1 cm³/mol. The molecular formula is C15H31NO4Si. The first-order valence-corrected chi connectivity index (χ1v) is 9.55. The number of hydrogen-bond acceptors (Lipinski definition) is 4. The zero-order chi connectivity index (χ0) is 16.1. The van der Waals surface area contributed by atoms with E-state index in [0.29, 0.717) is 0 Å². The Morgan fingerprint density at radius 1 is 1.10 bits per heavy atom. The maximum Gasteiger partial charge on any atom is 0.500 e. The Morgan fingerprint density at radius 2 is 1.62 bits per heavy atom. The Morgan fingerprint density at radius 3 is 2.14 bits per heavy atom. The summed E-state index contributed by atoms with van der Waals surface area (Å²) >= 11 is 0. The molecule has 0 heterocycles. The van der Waals surface area contributed by atoms with Crippen molar-refractivity contribution in [3.63, 3.8) is 0 Å². The summed E-state index contributed by atoms with van der Waals surface area (Å²) in [6, 6.07) is 1.08. The third-order valence-corrected chi connectivity index (χ3v) is 6.46. The highest BCUT2D eigenvalue weighted by atomic mass is 28.4. The molecule has 1 amide bonds. The third kappa shape index (κ3) is 9.03. The van der Waals surface area contributed by atoms with Crippen molar-refractivity contribution in [2.45, 2.75) is 57.5 Å². The average Bonchev–Trinajstić information content (AvgIpc) is 2.50. The van der Waals surface area contributed by atoms with Gasteiger partial charge in [0.05, 0.1) is 0 Å². The van der Waals surface area contributed by atoms with Crippen molar-refractivity contribution < 1.29 is 18.1 Å². The first kappa shape index (κ1) is 20.3. The van der Waals surface area contributed by atoms with Gasteiger partial charge in [-0.1, -0.05) is 32.3 Å². The molecule has 124 valence electrons. The van der Waals surface area contributed by atoms with Crippen molar-refractivity contribution in [3.05, 3.63) is 12.7 Å². The van der Waals surface area contributed by atoms with E-state index in [9.17, 15) is 4.79 Å². The summed E-state index contributed by atoms with van der Waals surface area (Å²) in [4.78, 5) is 11.1. The van der Waals surface area contributed by atoms with Gasteiger partial charge in [0.2, 0.25) is 5.91 Å². The van der Waals surface area contributed by atoms with Crippen LogP contribution in [0.25, 0.3) is 0 Å². The minimum Gasteiger partial charge on any atom is -0.377 e. The SMILES string of the molecule is C=CC(=O)NC(C)CCCCCCC[Si](OC)(OC)OC. The van der Waals surface area contributed by atoms with Gasteiger partial charge >= 0.3 is 8.80 Å². The van der Waals surface area contributed by atoms with E-state index in [2.05, 4.69) is 11.9 Å². The van der Waals surface area contributed by atoms with Gasteiger partial charge in [0.1, 0.15) is 0 Å². The number of unbranched alkanes of at least 4 members (excludes halogenated alkanes) is 4. The quantitative estimate of drug-likeness (QED) is 0.322. The number of rotatable bonds is 13.